The molecule has 18 heavy (non-hydrogen) atoms. The Morgan fingerprint density at radius 3 is 2.56 bits per heavy atom. The topological polar surface area (TPSA) is 102 Å². The quantitative estimate of drug-likeness (QED) is 0.518. The standard InChI is InChI=1S/C11H21N3O4/c1-2-14(8-3-5-12-6-4-8)11(18)13-7-9(15)10(16)17/h8-9,12,15H,2-7H2,1H3,(H,13,18)(H,16,17)/t9-/m0/s1. The molecule has 104 valence electrons. The molecule has 0 spiro atoms. The summed E-state index contributed by atoms with van der Waals surface area (Å²) in [7, 11) is 0. The van der Waals surface area contributed by atoms with Gasteiger partial charge in [0.2, 0.25) is 0 Å². The van der Waals surface area contributed by atoms with Crippen LogP contribution >= 0.6 is 0 Å². The molecule has 0 saturated carbocycles. The predicted octanol–water partition coefficient (Wildman–Crippen LogP) is -0.785. The summed E-state index contributed by atoms with van der Waals surface area (Å²) in [5.74, 6) is -1.33. The van der Waals surface area contributed by atoms with Crippen LogP contribution in [0.4, 0.5) is 4.79 Å². The van der Waals surface area contributed by atoms with E-state index in [1.54, 1.807) is 4.90 Å². The Kier molecular flexibility index (Phi) is 5.87. The summed E-state index contributed by atoms with van der Waals surface area (Å²) < 4.78 is 0. The largest absolute Gasteiger partial charge is 0.479 e. The van der Waals surface area contributed by atoms with Crippen molar-refractivity contribution in [1.82, 2.24) is 15.5 Å². The van der Waals surface area contributed by atoms with Crippen molar-refractivity contribution in [3.05, 3.63) is 0 Å². The van der Waals surface area contributed by atoms with E-state index >= 15 is 0 Å². The number of carboxylic acid groups (broad SMARTS) is 1. The number of nitrogens with zero attached hydrogens (tertiary/aromatic N) is 1. The van der Waals surface area contributed by atoms with Crippen LogP contribution in [0, 0.1) is 0 Å². The second kappa shape index (κ2) is 7.17. The van der Waals surface area contributed by atoms with Crippen molar-refractivity contribution in [3.8, 4) is 0 Å². The van der Waals surface area contributed by atoms with Crippen molar-refractivity contribution in [3.63, 3.8) is 0 Å². The fourth-order valence-corrected chi connectivity index (χ4v) is 2.06. The zero-order valence-electron chi connectivity index (χ0n) is 10.6. The number of carbonyl (C=O) groups is 2. The van der Waals surface area contributed by atoms with Gasteiger partial charge in [-0.2, -0.15) is 0 Å². The summed E-state index contributed by atoms with van der Waals surface area (Å²) in [5, 5.41) is 23.3. The third kappa shape index (κ3) is 4.15. The second-order valence-corrected chi connectivity index (χ2v) is 4.31. The highest BCUT2D eigenvalue weighted by Gasteiger charge is 2.24. The number of carbonyl (C=O) groups excluding carboxylic acids is 1. The summed E-state index contributed by atoms with van der Waals surface area (Å²) in [6, 6.07) is -0.136. The lowest BCUT2D eigenvalue weighted by Crippen LogP contribution is -2.51. The predicted molar refractivity (Wildman–Crippen MR) is 65.3 cm³/mol. The first kappa shape index (κ1) is 14.7. The van der Waals surface area contributed by atoms with Gasteiger partial charge in [0, 0.05) is 12.6 Å². The molecule has 0 aliphatic carbocycles. The van der Waals surface area contributed by atoms with E-state index in [0.717, 1.165) is 25.9 Å². The highest BCUT2D eigenvalue weighted by Crippen LogP contribution is 2.11. The van der Waals surface area contributed by atoms with Gasteiger partial charge in [-0.1, -0.05) is 0 Å². The van der Waals surface area contributed by atoms with E-state index in [2.05, 4.69) is 10.6 Å². The Morgan fingerprint density at radius 1 is 1.44 bits per heavy atom. The molecule has 1 atom stereocenters. The van der Waals surface area contributed by atoms with E-state index in [1.165, 1.54) is 0 Å². The van der Waals surface area contributed by atoms with Crippen molar-refractivity contribution in [2.45, 2.75) is 31.9 Å². The van der Waals surface area contributed by atoms with Gasteiger partial charge in [-0.25, -0.2) is 9.59 Å². The molecule has 1 rings (SSSR count). The van der Waals surface area contributed by atoms with Crippen molar-refractivity contribution in [2.75, 3.05) is 26.2 Å². The van der Waals surface area contributed by atoms with Gasteiger partial charge >= 0.3 is 12.0 Å². The van der Waals surface area contributed by atoms with Crippen LogP contribution in [-0.4, -0.2) is 65.4 Å². The van der Waals surface area contributed by atoms with Crippen LogP contribution in [0.25, 0.3) is 0 Å². The Balaban J connectivity index is 2.43. The lowest BCUT2D eigenvalue weighted by molar-refractivity contribution is -0.146. The zero-order chi connectivity index (χ0) is 13.5. The summed E-state index contributed by atoms with van der Waals surface area (Å²) >= 11 is 0. The molecule has 1 aliphatic heterocycles. The fraction of sp³-hybridized carbons (Fsp3) is 0.818. The Hall–Kier alpha value is -1.34. The molecule has 4 N–H and O–H groups in total. The first-order valence-electron chi connectivity index (χ1n) is 6.22. The Labute approximate surface area is 106 Å². The Bertz CT molecular complexity index is 292. The minimum atomic E-state index is -1.55. The molecule has 0 unspecified atom stereocenters. The molecule has 2 amide bonds. The van der Waals surface area contributed by atoms with E-state index in [4.69, 9.17) is 10.2 Å². The molecule has 1 heterocycles. The maximum Gasteiger partial charge on any atom is 0.334 e. The highest BCUT2D eigenvalue weighted by atomic mass is 16.4. The lowest BCUT2D eigenvalue weighted by Gasteiger charge is -2.34. The van der Waals surface area contributed by atoms with Gasteiger partial charge in [-0.3, -0.25) is 0 Å². The molecule has 0 radical (unpaired) electrons. The average molecular weight is 259 g/mol. The third-order valence-corrected chi connectivity index (χ3v) is 3.08. The van der Waals surface area contributed by atoms with E-state index in [0.29, 0.717) is 6.54 Å². The molecule has 0 aromatic carbocycles. The lowest BCUT2D eigenvalue weighted by atomic mass is 10.1. The third-order valence-electron chi connectivity index (χ3n) is 3.08. The van der Waals surface area contributed by atoms with Crippen molar-refractivity contribution >= 4 is 12.0 Å². The molecule has 0 aromatic rings. The van der Waals surface area contributed by atoms with E-state index in [1.807, 2.05) is 6.92 Å². The van der Waals surface area contributed by atoms with Crippen molar-refractivity contribution in [2.24, 2.45) is 0 Å². The second-order valence-electron chi connectivity index (χ2n) is 4.31. The van der Waals surface area contributed by atoms with Crippen LogP contribution in [0.3, 0.4) is 0 Å². The number of hydrogen-bond donors (Lipinski definition) is 4. The molecule has 7 heteroatoms. The number of aliphatic hydroxyl groups is 1. The molecule has 1 fully saturated rings. The van der Waals surface area contributed by atoms with Crippen LogP contribution in [0.2, 0.25) is 0 Å². The molecule has 0 bridgehead atoms. The monoisotopic (exact) mass is 259 g/mol. The number of urea groups is 1. The number of rotatable bonds is 5. The number of piperidine rings is 1. The molecule has 1 saturated heterocycles. The molecular formula is C11H21N3O4. The SMILES string of the molecule is CCN(C(=O)NC[C@H](O)C(=O)O)C1CCNCC1. The van der Waals surface area contributed by atoms with Crippen molar-refractivity contribution in [1.29, 1.82) is 0 Å². The molecule has 0 aromatic heterocycles. The van der Waals surface area contributed by atoms with Gasteiger partial charge in [0.15, 0.2) is 6.10 Å². The molecular weight excluding hydrogens is 238 g/mol. The van der Waals surface area contributed by atoms with Crippen molar-refractivity contribution < 1.29 is 19.8 Å². The maximum atomic E-state index is 11.9. The van der Waals surface area contributed by atoms with Gasteiger partial charge in [0.25, 0.3) is 0 Å². The number of carboxylic acids is 1. The highest BCUT2D eigenvalue weighted by molar-refractivity contribution is 5.77. The van der Waals surface area contributed by atoms with E-state index in [9.17, 15) is 9.59 Å². The van der Waals surface area contributed by atoms with Gasteiger partial charge in [0.1, 0.15) is 0 Å². The summed E-state index contributed by atoms with van der Waals surface area (Å²) in [6.45, 7) is 3.95. The number of nitrogens with one attached hydrogen (secondary N) is 2. The normalized spacial score (nSPS) is 18.1. The number of aliphatic hydroxyl groups excluding tert-OH is 1. The molecule has 7 nitrogen and oxygen atoms in total. The number of amides is 2. The van der Waals surface area contributed by atoms with E-state index < -0.39 is 12.1 Å². The first-order chi connectivity index (χ1) is 8.56. The van der Waals surface area contributed by atoms with Crippen LogP contribution < -0.4 is 10.6 Å². The van der Waals surface area contributed by atoms with E-state index in [-0.39, 0.29) is 18.6 Å². The summed E-state index contributed by atoms with van der Waals surface area (Å²) in [5.41, 5.74) is 0. The molecule has 1 aliphatic rings. The van der Waals surface area contributed by atoms with Crippen LogP contribution in [0.1, 0.15) is 19.8 Å². The van der Waals surface area contributed by atoms with Crippen LogP contribution in [0.5, 0.6) is 0 Å². The fourth-order valence-electron chi connectivity index (χ4n) is 2.06. The summed E-state index contributed by atoms with van der Waals surface area (Å²) in [4.78, 5) is 24.0. The minimum absolute atomic E-state index is 0.179. The zero-order valence-corrected chi connectivity index (χ0v) is 10.6. The average Bonchev–Trinajstić information content (AvgIpc) is 2.38. The van der Waals surface area contributed by atoms with Gasteiger partial charge < -0.3 is 25.7 Å². The summed E-state index contributed by atoms with van der Waals surface area (Å²) in [6.07, 6.45) is 0.228. The maximum absolute atomic E-state index is 11.9. The Morgan fingerprint density at radius 2 is 2.06 bits per heavy atom. The minimum Gasteiger partial charge on any atom is -0.479 e. The smallest absolute Gasteiger partial charge is 0.334 e. The van der Waals surface area contributed by atoms with Gasteiger partial charge in [0.05, 0.1) is 6.54 Å². The van der Waals surface area contributed by atoms with Gasteiger partial charge in [-0.15, -0.1) is 0 Å². The number of aliphatic carboxylic acids is 1. The first-order valence-corrected chi connectivity index (χ1v) is 6.22. The van der Waals surface area contributed by atoms with Gasteiger partial charge in [-0.05, 0) is 32.9 Å². The van der Waals surface area contributed by atoms with Crippen LogP contribution in [-0.2, 0) is 4.79 Å². The van der Waals surface area contributed by atoms with Crippen LogP contribution in [0.15, 0.2) is 0 Å². The number of hydrogen-bond acceptors (Lipinski definition) is 4.